The Morgan fingerprint density at radius 3 is 2.93 bits per heavy atom. The molecule has 2 nitrogen and oxygen atoms in total. The van der Waals surface area contributed by atoms with Crippen molar-refractivity contribution in [1.82, 2.24) is 0 Å². The van der Waals surface area contributed by atoms with Crippen LogP contribution in [0.1, 0.15) is 12.0 Å². The first kappa shape index (κ1) is 11.4. The average Bonchev–Trinajstić information content (AvgIpc) is 2.15. The van der Waals surface area contributed by atoms with Crippen LogP contribution < -0.4 is 0 Å². The Morgan fingerprint density at radius 2 is 2.29 bits per heavy atom. The third-order valence-electron chi connectivity index (χ3n) is 1.60. The molecule has 14 heavy (non-hydrogen) atoms. The molecule has 1 aromatic carbocycles. The van der Waals surface area contributed by atoms with Gasteiger partial charge in [0, 0.05) is 10.8 Å². The van der Waals surface area contributed by atoms with Gasteiger partial charge in [-0.2, -0.15) is 12.6 Å². The molecule has 0 aliphatic heterocycles. The summed E-state index contributed by atoms with van der Waals surface area (Å²) in [6.07, 6.45) is 0.337. The lowest BCUT2D eigenvalue weighted by Crippen LogP contribution is -2.04. The molecule has 0 bridgehead atoms. The van der Waals surface area contributed by atoms with Gasteiger partial charge in [-0.3, -0.25) is 4.79 Å². The van der Waals surface area contributed by atoms with Crippen LogP contribution in [-0.2, 0) is 16.1 Å². The molecule has 0 aliphatic rings. The van der Waals surface area contributed by atoms with Gasteiger partial charge in [-0.1, -0.05) is 23.7 Å². The van der Waals surface area contributed by atoms with E-state index in [9.17, 15) is 4.79 Å². The van der Waals surface area contributed by atoms with E-state index in [4.69, 9.17) is 16.3 Å². The first-order valence-corrected chi connectivity index (χ1v) is 5.24. The van der Waals surface area contributed by atoms with Crippen LogP contribution in [0.15, 0.2) is 24.3 Å². The second-order valence-electron chi connectivity index (χ2n) is 2.76. The Morgan fingerprint density at radius 1 is 1.50 bits per heavy atom. The number of carbonyl (C=O) groups is 1. The standard InChI is InChI=1S/C10H11ClO2S/c11-9-3-1-2-8(6-9)7-13-10(12)4-5-14/h1-3,6,14H,4-5,7H2. The van der Waals surface area contributed by atoms with Gasteiger partial charge in [-0.05, 0) is 17.7 Å². The predicted octanol–water partition coefficient (Wildman–Crippen LogP) is 2.70. The third kappa shape index (κ3) is 4.03. The van der Waals surface area contributed by atoms with Gasteiger partial charge in [0.1, 0.15) is 6.61 Å². The second kappa shape index (κ2) is 5.94. The van der Waals surface area contributed by atoms with Gasteiger partial charge in [-0.15, -0.1) is 0 Å². The van der Waals surface area contributed by atoms with Gasteiger partial charge in [-0.25, -0.2) is 0 Å². The Balaban J connectivity index is 2.41. The molecule has 0 heterocycles. The van der Waals surface area contributed by atoms with Crippen LogP contribution >= 0.6 is 24.2 Å². The highest BCUT2D eigenvalue weighted by Gasteiger charge is 2.01. The highest BCUT2D eigenvalue weighted by atomic mass is 35.5. The van der Waals surface area contributed by atoms with E-state index in [0.717, 1.165) is 5.56 Å². The molecule has 0 saturated heterocycles. The molecule has 0 radical (unpaired) electrons. The fourth-order valence-corrected chi connectivity index (χ4v) is 1.35. The summed E-state index contributed by atoms with van der Waals surface area (Å²) < 4.78 is 4.98. The van der Waals surface area contributed by atoms with Crippen LogP contribution in [0.2, 0.25) is 5.02 Å². The van der Waals surface area contributed by atoms with E-state index >= 15 is 0 Å². The van der Waals surface area contributed by atoms with Gasteiger partial charge in [0.15, 0.2) is 0 Å². The Kier molecular flexibility index (Phi) is 4.84. The SMILES string of the molecule is O=C(CCS)OCc1cccc(Cl)c1. The van der Waals surface area contributed by atoms with Gasteiger partial charge in [0.05, 0.1) is 6.42 Å². The average molecular weight is 231 g/mol. The smallest absolute Gasteiger partial charge is 0.306 e. The summed E-state index contributed by atoms with van der Waals surface area (Å²) in [7, 11) is 0. The summed E-state index contributed by atoms with van der Waals surface area (Å²) in [4.78, 5) is 11.0. The van der Waals surface area contributed by atoms with Crippen LogP contribution in [0.3, 0.4) is 0 Å². The summed E-state index contributed by atoms with van der Waals surface area (Å²) in [5.74, 6) is 0.272. The predicted molar refractivity (Wildman–Crippen MR) is 59.7 cm³/mol. The molecule has 0 aromatic heterocycles. The molecule has 0 spiro atoms. The normalized spacial score (nSPS) is 9.86. The molecule has 0 aliphatic carbocycles. The Bertz CT molecular complexity index is 315. The quantitative estimate of drug-likeness (QED) is 0.636. The molecule has 0 fully saturated rings. The van der Waals surface area contributed by atoms with Crippen molar-refractivity contribution in [1.29, 1.82) is 0 Å². The zero-order chi connectivity index (χ0) is 10.4. The zero-order valence-corrected chi connectivity index (χ0v) is 9.22. The first-order valence-electron chi connectivity index (χ1n) is 4.23. The van der Waals surface area contributed by atoms with Gasteiger partial charge >= 0.3 is 5.97 Å². The van der Waals surface area contributed by atoms with Crippen molar-refractivity contribution in [2.24, 2.45) is 0 Å². The van der Waals surface area contributed by atoms with Crippen LogP contribution in [0.25, 0.3) is 0 Å². The number of hydrogen-bond donors (Lipinski definition) is 1. The lowest BCUT2D eigenvalue weighted by atomic mass is 10.2. The fraction of sp³-hybridized carbons (Fsp3) is 0.300. The van der Waals surface area contributed by atoms with E-state index < -0.39 is 0 Å². The molecule has 0 atom stereocenters. The van der Waals surface area contributed by atoms with Gasteiger partial charge in [0.25, 0.3) is 0 Å². The molecule has 1 rings (SSSR count). The van der Waals surface area contributed by atoms with Crippen molar-refractivity contribution < 1.29 is 9.53 Å². The Labute approximate surface area is 93.6 Å². The molecule has 0 unspecified atom stereocenters. The van der Waals surface area contributed by atoms with Crippen molar-refractivity contribution in [3.05, 3.63) is 34.9 Å². The number of esters is 1. The monoisotopic (exact) mass is 230 g/mol. The molecular weight excluding hydrogens is 220 g/mol. The van der Waals surface area contributed by atoms with E-state index in [2.05, 4.69) is 12.6 Å². The fourth-order valence-electron chi connectivity index (χ4n) is 0.954. The maximum atomic E-state index is 11.0. The first-order chi connectivity index (χ1) is 6.72. The maximum Gasteiger partial charge on any atom is 0.306 e. The van der Waals surface area contributed by atoms with Crippen LogP contribution in [0.4, 0.5) is 0 Å². The molecule has 0 N–H and O–H groups in total. The van der Waals surface area contributed by atoms with Gasteiger partial charge in [0.2, 0.25) is 0 Å². The number of carbonyl (C=O) groups excluding carboxylic acids is 1. The van der Waals surface area contributed by atoms with Crippen molar-refractivity contribution in [3.63, 3.8) is 0 Å². The third-order valence-corrected chi connectivity index (χ3v) is 2.06. The minimum absolute atomic E-state index is 0.236. The summed E-state index contributed by atoms with van der Waals surface area (Å²) in [5.41, 5.74) is 0.894. The summed E-state index contributed by atoms with van der Waals surface area (Å²) in [6.45, 7) is 0.271. The molecule has 0 saturated carbocycles. The van der Waals surface area contributed by atoms with E-state index in [1.807, 2.05) is 12.1 Å². The van der Waals surface area contributed by atoms with Gasteiger partial charge < -0.3 is 4.74 Å². The number of hydrogen-bond acceptors (Lipinski definition) is 3. The van der Waals surface area contributed by atoms with E-state index in [1.165, 1.54) is 0 Å². The van der Waals surface area contributed by atoms with Crippen molar-refractivity contribution in [3.8, 4) is 0 Å². The lowest BCUT2D eigenvalue weighted by molar-refractivity contribution is -0.144. The van der Waals surface area contributed by atoms with E-state index in [1.54, 1.807) is 12.1 Å². The highest BCUT2D eigenvalue weighted by molar-refractivity contribution is 7.80. The molecule has 76 valence electrons. The summed E-state index contributed by atoms with van der Waals surface area (Å²) >= 11 is 9.70. The van der Waals surface area contributed by atoms with Crippen LogP contribution in [-0.4, -0.2) is 11.7 Å². The molecule has 4 heteroatoms. The number of ether oxygens (including phenoxy) is 1. The molecule has 1 aromatic rings. The van der Waals surface area contributed by atoms with Crippen molar-refractivity contribution >= 4 is 30.2 Å². The zero-order valence-electron chi connectivity index (χ0n) is 7.57. The van der Waals surface area contributed by atoms with Crippen LogP contribution in [0.5, 0.6) is 0 Å². The minimum atomic E-state index is -0.236. The van der Waals surface area contributed by atoms with Crippen molar-refractivity contribution in [2.75, 3.05) is 5.75 Å². The topological polar surface area (TPSA) is 26.3 Å². The Hall–Kier alpha value is -0.670. The number of halogens is 1. The van der Waals surface area contributed by atoms with E-state index in [0.29, 0.717) is 17.2 Å². The highest BCUT2D eigenvalue weighted by Crippen LogP contribution is 2.11. The minimum Gasteiger partial charge on any atom is -0.461 e. The molecular formula is C10H11ClO2S. The maximum absolute atomic E-state index is 11.0. The number of benzene rings is 1. The van der Waals surface area contributed by atoms with E-state index in [-0.39, 0.29) is 12.6 Å². The summed E-state index contributed by atoms with van der Waals surface area (Å²) in [5, 5.41) is 0.646. The lowest BCUT2D eigenvalue weighted by Gasteiger charge is -2.03. The largest absolute Gasteiger partial charge is 0.461 e. The number of thiol groups is 1. The van der Waals surface area contributed by atoms with Crippen LogP contribution in [0, 0.1) is 0 Å². The second-order valence-corrected chi connectivity index (χ2v) is 3.65. The number of rotatable bonds is 4. The van der Waals surface area contributed by atoms with Crippen molar-refractivity contribution in [2.45, 2.75) is 13.0 Å². The molecule has 0 amide bonds. The summed E-state index contributed by atoms with van der Waals surface area (Å²) in [6, 6.07) is 7.24.